The summed E-state index contributed by atoms with van der Waals surface area (Å²) < 4.78 is 10.5. The standard InChI is InChI=1S/C18H15NO5S/c1-23-13-5-3-10(7-14(13)24-2)8-16-17(20)19-12-9-11(18(21)22)4-6-15(12)25-16/h3-9H,1-2H3,(H,19,20)(H,21,22)/p-1. The number of methoxy groups -OCH3 is 2. The topological polar surface area (TPSA) is 87.7 Å². The Labute approximate surface area is 148 Å². The van der Waals surface area contributed by atoms with Crippen molar-refractivity contribution in [3.05, 3.63) is 52.4 Å². The van der Waals surface area contributed by atoms with Gasteiger partial charge < -0.3 is 24.7 Å². The summed E-state index contributed by atoms with van der Waals surface area (Å²) in [6.45, 7) is 0. The number of amides is 1. The summed E-state index contributed by atoms with van der Waals surface area (Å²) in [6, 6.07) is 9.84. The van der Waals surface area contributed by atoms with E-state index in [4.69, 9.17) is 9.47 Å². The molecule has 0 atom stereocenters. The van der Waals surface area contributed by atoms with Gasteiger partial charge in [0.1, 0.15) is 0 Å². The lowest BCUT2D eigenvalue weighted by Crippen LogP contribution is -2.23. The van der Waals surface area contributed by atoms with Crippen LogP contribution in [0.4, 0.5) is 5.69 Å². The van der Waals surface area contributed by atoms with E-state index in [0.29, 0.717) is 22.1 Å². The Bertz CT molecular complexity index is 891. The summed E-state index contributed by atoms with van der Waals surface area (Å²) in [5.74, 6) is -0.417. The van der Waals surface area contributed by atoms with E-state index in [0.717, 1.165) is 10.5 Å². The van der Waals surface area contributed by atoms with Crippen molar-refractivity contribution in [2.45, 2.75) is 4.90 Å². The zero-order valence-electron chi connectivity index (χ0n) is 13.5. The number of carbonyl (C=O) groups is 2. The van der Waals surface area contributed by atoms with E-state index in [2.05, 4.69) is 5.32 Å². The molecular weight excluding hydrogens is 342 g/mol. The van der Waals surface area contributed by atoms with Crippen LogP contribution < -0.4 is 19.9 Å². The first-order valence-corrected chi connectivity index (χ1v) is 8.12. The minimum absolute atomic E-state index is 0.0203. The first-order valence-electron chi connectivity index (χ1n) is 7.30. The average molecular weight is 356 g/mol. The Morgan fingerprint density at radius 3 is 2.56 bits per heavy atom. The number of benzene rings is 2. The number of carbonyl (C=O) groups excluding carboxylic acids is 2. The molecular formula is C18H14NO5S-. The van der Waals surface area contributed by atoms with Gasteiger partial charge in [0, 0.05) is 4.90 Å². The van der Waals surface area contributed by atoms with Gasteiger partial charge >= 0.3 is 0 Å². The molecule has 1 aliphatic heterocycles. The van der Waals surface area contributed by atoms with Crippen LogP contribution in [0.3, 0.4) is 0 Å². The second-order valence-electron chi connectivity index (χ2n) is 5.18. The Morgan fingerprint density at radius 2 is 1.88 bits per heavy atom. The lowest BCUT2D eigenvalue weighted by molar-refractivity contribution is -0.255. The summed E-state index contributed by atoms with van der Waals surface area (Å²) in [6.07, 6.45) is 1.73. The molecule has 0 saturated heterocycles. The molecule has 25 heavy (non-hydrogen) atoms. The second kappa shape index (κ2) is 6.90. The van der Waals surface area contributed by atoms with Crippen LogP contribution in [0, 0.1) is 0 Å². The normalized spacial score (nSPS) is 14.6. The van der Waals surface area contributed by atoms with Gasteiger partial charge in [0.2, 0.25) is 0 Å². The van der Waals surface area contributed by atoms with Crippen molar-refractivity contribution < 1.29 is 24.2 Å². The maximum atomic E-state index is 12.3. The number of aromatic carboxylic acids is 1. The van der Waals surface area contributed by atoms with Gasteiger partial charge in [-0.25, -0.2) is 0 Å². The summed E-state index contributed by atoms with van der Waals surface area (Å²) in [5, 5.41) is 13.6. The number of carboxylic acids is 1. The van der Waals surface area contributed by atoms with Crippen LogP contribution in [0.5, 0.6) is 11.5 Å². The molecule has 7 heteroatoms. The highest BCUT2D eigenvalue weighted by atomic mass is 32.2. The number of hydrogen-bond acceptors (Lipinski definition) is 6. The van der Waals surface area contributed by atoms with Crippen molar-refractivity contribution in [3.63, 3.8) is 0 Å². The fraction of sp³-hybridized carbons (Fsp3) is 0.111. The highest BCUT2D eigenvalue weighted by Gasteiger charge is 2.21. The largest absolute Gasteiger partial charge is 0.545 e. The van der Waals surface area contributed by atoms with E-state index in [9.17, 15) is 14.7 Å². The SMILES string of the molecule is COc1ccc(C=C2Sc3ccc(C(=O)[O-])cc3NC2=O)cc1OC. The minimum atomic E-state index is -1.28. The summed E-state index contributed by atoms with van der Waals surface area (Å²) in [4.78, 5) is 24.5. The smallest absolute Gasteiger partial charge is 0.262 e. The summed E-state index contributed by atoms with van der Waals surface area (Å²) >= 11 is 1.27. The molecule has 1 N–H and O–H groups in total. The molecule has 0 spiro atoms. The number of rotatable bonds is 4. The van der Waals surface area contributed by atoms with Gasteiger partial charge in [-0.3, -0.25) is 4.79 Å². The molecule has 2 aromatic carbocycles. The number of ether oxygens (including phenoxy) is 2. The lowest BCUT2D eigenvalue weighted by Gasteiger charge is -2.19. The fourth-order valence-electron chi connectivity index (χ4n) is 2.38. The van der Waals surface area contributed by atoms with Crippen LogP contribution in [0.2, 0.25) is 0 Å². The minimum Gasteiger partial charge on any atom is -0.545 e. The number of carboxylic acid groups (broad SMARTS) is 1. The molecule has 3 rings (SSSR count). The van der Waals surface area contributed by atoms with Crippen molar-refractivity contribution >= 4 is 35.4 Å². The number of anilines is 1. The molecule has 1 heterocycles. The fourth-order valence-corrected chi connectivity index (χ4v) is 3.31. The van der Waals surface area contributed by atoms with Gasteiger partial charge in [0.05, 0.1) is 30.8 Å². The van der Waals surface area contributed by atoms with E-state index < -0.39 is 5.97 Å². The molecule has 0 aliphatic carbocycles. The van der Waals surface area contributed by atoms with Gasteiger partial charge in [-0.1, -0.05) is 23.9 Å². The predicted molar refractivity (Wildman–Crippen MR) is 92.8 cm³/mol. The highest BCUT2D eigenvalue weighted by Crippen LogP contribution is 2.39. The Hall–Kier alpha value is -2.93. The van der Waals surface area contributed by atoms with E-state index in [-0.39, 0.29) is 11.5 Å². The molecule has 0 bridgehead atoms. The summed E-state index contributed by atoms with van der Waals surface area (Å²) in [7, 11) is 3.10. The quantitative estimate of drug-likeness (QED) is 0.845. The second-order valence-corrected chi connectivity index (χ2v) is 6.26. The molecule has 2 aromatic rings. The third-order valence-corrected chi connectivity index (χ3v) is 4.71. The third-order valence-electron chi connectivity index (χ3n) is 3.61. The monoisotopic (exact) mass is 356 g/mol. The Kier molecular flexibility index (Phi) is 4.67. The molecule has 0 unspecified atom stereocenters. The van der Waals surface area contributed by atoms with Crippen LogP contribution in [-0.2, 0) is 4.79 Å². The van der Waals surface area contributed by atoms with Crippen molar-refractivity contribution in [2.24, 2.45) is 0 Å². The van der Waals surface area contributed by atoms with E-state index in [1.807, 2.05) is 6.07 Å². The van der Waals surface area contributed by atoms with Crippen molar-refractivity contribution in [1.82, 2.24) is 0 Å². The molecule has 0 radical (unpaired) electrons. The number of fused-ring (bicyclic) bond motifs is 1. The average Bonchev–Trinajstić information content (AvgIpc) is 2.61. The zero-order valence-corrected chi connectivity index (χ0v) is 14.3. The Morgan fingerprint density at radius 1 is 1.12 bits per heavy atom. The molecule has 0 saturated carbocycles. The molecule has 6 nitrogen and oxygen atoms in total. The van der Waals surface area contributed by atoms with Gasteiger partial charge in [-0.05, 0) is 41.5 Å². The number of hydrogen-bond donors (Lipinski definition) is 1. The lowest BCUT2D eigenvalue weighted by atomic mass is 10.1. The van der Waals surface area contributed by atoms with Crippen LogP contribution in [0.15, 0.2) is 46.2 Å². The van der Waals surface area contributed by atoms with Gasteiger partial charge in [-0.2, -0.15) is 0 Å². The molecule has 1 aliphatic rings. The predicted octanol–water partition coefficient (Wildman–Crippen LogP) is 2.15. The first-order chi connectivity index (χ1) is 12.0. The van der Waals surface area contributed by atoms with Crippen LogP contribution in [-0.4, -0.2) is 26.1 Å². The van der Waals surface area contributed by atoms with Crippen molar-refractivity contribution in [1.29, 1.82) is 0 Å². The maximum absolute atomic E-state index is 12.3. The van der Waals surface area contributed by atoms with Crippen LogP contribution in [0.1, 0.15) is 15.9 Å². The first kappa shape index (κ1) is 16.9. The van der Waals surface area contributed by atoms with Crippen molar-refractivity contribution in [3.8, 4) is 11.5 Å². The van der Waals surface area contributed by atoms with Gasteiger partial charge in [-0.15, -0.1) is 0 Å². The van der Waals surface area contributed by atoms with Gasteiger partial charge in [0.15, 0.2) is 11.5 Å². The van der Waals surface area contributed by atoms with Crippen LogP contribution >= 0.6 is 11.8 Å². The third kappa shape index (κ3) is 3.46. The highest BCUT2D eigenvalue weighted by molar-refractivity contribution is 8.04. The Balaban J connectivity index is 1.93. The number of thioether (sulfide) groups is 1. The van der Waals surface area contributed by atoms with E-state index in [1.54, 1.807) is 38.5 Å². The zero-order chi connectivity index (χ0) is 18.0. The molecule has 128 valence electrons. The van der Waals surface area contributed by atoms with E-state index >= 15 is 0 Å². The van der Waals surface area contributed by atoms with Gasteiger partial charge in [0.25, 0.3) is 5.91 Å². The van der Waals surface area contributed by atoms with E-state index in [1.165, 1.54) is 23.9 Å². The van der Waals surface area contributed by atoms with Crippen LogP contribution in [0.25, 0.3) is 6.08 Å². The molecule has 0 aromatic heterocycles. The molecule has 1 amide bonds. The maximum Gasteiger partial charge on any atom is 0.262 e. The molecule has 0 fully saturated rings. The summed E-state index contributed by atoms with van der Waals surface area (Å²) in [5.41, 5.74) is 1.26. The van der Waals surface area contributed by atoms with Crippen molar-refractivity contribution in [2.75, 3.05) is 19.5 Å². The number of nitrogens with one attached hydrogen (secondary N) is 1.